The Bertz CT molecular complexity index is 1230. The molecule has 5 rings (SSSR count). The molecule has 8 nitrogen and oxygen atoms in total. The number of anilines is 1. The summed E-state index contributed by atoms with van der Waals surface area (Å²) in [6.45, 7) is 9.00. The first-order chi connectivity index (χ1) is 17.9. The smallest absolute Gasteiger partial charge is 0.317 e. The lowest BCUT2D eigenvalue weighted by Gasteiger charge is -2.37. The van der Waals surface area contributed by atoms with Crippen LogP contribution in [0.3, 0.4) is 0 Å². The summed E-state index contributed by atoms with van der Waals surface area (Å²) in [5.74, 6) is 1.59. The first-order valence-electron chi connectivity index (χ1n) is 13.8. The third kappa shape index (κ3) is 5.40. The molecule has 1 aliphatic heterocycles. The van der Waals surface area contributed by atoms with Gasteiger partial charge in [-0.2, -0.15) is 5.10 Å². The van der Waals surface area contributed by atoms with Gasteiger partial charge in [0, 0.05) is 38.1 Å². The number of amides is 2. The number of fused-ring (bicyclic) bond motifs is 1. The molecule has 1 aliphatic carbocycles. The topological polar surface area (TPSA) is 79.2 Å². The summed E-state index contributed by atoms with van der Waals surface area (Å²) in [5.41, 5.74) is 2.34. The molecular weight excluding hydrogens is 469 g/mol. The van der Waals surface area contributed by atoms with Gasteiger partial charge in [-0.25, -0.2) is 23.8 Å². The van der Waals surface area contributed by atoms with Gasteiger partial charge in [-0.15, -0.1) is 0 Å². The molecule has 0 bridgehead atoms. The van der Waals surface area contributed by atoms with Crippen molar-refractivity contribution in [1.82, 2.24) is 30.0 Å². The molecule has 2 amide bonds. The van der Waals surface area contributed by atoms with Crippen LogP contribution in [0, 0.1) is 12.7 Å². The van der Waals surface area contributed by atoms with Crippen molar-refractivity contribution in [3.63, 3.8) is 0 Å². The van der Waals surface area contributed by atoms with E-state index in [1.54, 1.807) is 16.8 Å². The predicted octanol–water partition coefficient (Wildman–Crippen LogP) is 5.33. The molecule has 9 heteroatoms. The van der Waals surface area contributed by atoms with Crippen LogP contribution in [0.2, 0.25) is 0 Å². The molecule has 2 aromatic heterocycles. The number of urea groups is 1. The highest BCUT2D eigenvalue weighted by molar-refractivity contribution is 5.91. The SMILES string of the molecule is CCC[C@H](C)c1nc(N2CCN(C(=O)NC3CCCCC3)CC2)c2c(C)nn(-c3ccc(F)cc3)c2n1. The van der Waals surface area contributed by atoms with E-state index in [0.717, 1.165) is 59.7 Å². The fraction of sp³-hybridized carbons (Fsp3) is 0.571. The van der Waals surface area contributed by atoms with E-state index in [2.05, 4.69) is 24.1 Å². The number of nitrogens with zero attached hydrogens (tertiary/aromatic N) is 6. The zero-order valence-corrected chi connectivity index (χ0v) is 22.2. The van der Waals surface area contributed by atoms with Crippen LogP contribution in [0.4, 0.5) is 15.0 Å². The quantitative estimate of drug-likeness (QED) is 0.488. The molecule has 3 heterocycles. The average Bonchev–Trinajstić information content (AvgIpc) is 3.25. The van der Waals surface area contributed by atoms with Crippen molar-refractivity contribution in [2.24, 2.45) is 0 Å². The molecule has 1 saturated carbocycles. The second-order valence-electron chi connectivity index (χ2n) is 10.5. The number of hydrogen-bond donors (Lipinski definition) is 1. The minimum Gasteiger partial charge on any atom is -0.352 e. The number of nitrogens with one attached hydrogen (secondary N) is 1. The monoisotopic (exact) mass is 507 g/mol. The highest BCUT2D eigenvalue weighted by atomic mass is 19.1. The van der Waals surface area contributed by atoms with Crippen molar-refractivity contribution in [3.05, 3.63) is 41.6 Å². The summed E-state index contributed by atoms with van der Waals surface area (Å²) in [6, 6.07) is 6.70. The Hall–Kier alpha value is -3.23. The van der Waals surface area contributed by atoms with Gasteiger partial charge in [-0.05, 0) is 50.5 Å². The van der Waals surface area contributed by atoms with E-state index in [1.165, 1.54) is 31.4 Å². The van der Waals surface area contributed by atoms with Crippen LogP contribution in [-0.2, 0) is 0 Å². The Labute approximate surface area is 218 Å². The van der Waals surface area contributed by atoms with Crippen LogP contribution in [0.5, 0.6) is 0 Å². The normalized spacial score (nSPS) is 17.8. The molecule has 198 valence electrons. The van der Waals surface area contributed by atoms with Gasteiger partial charge in [0.25, 0.3) is 0 Å². The number of halogens is 1. The number of rotatable bonds is 6. The Kier molecular flexibility index (Phi) is 7.58. The number of aromatic nitrogens is 4. The molecule has 2 aliphatic rings. The second-order valence-corrected chi connectivity index (χ2v) is 10.5. The molecule has 1 atom stereocenters. The van der Waals surface area contributed by atoms with Gasteiger partial charge < -0.3 is 15.1 Å². The van der Waals surface area contributed by atoms with Crippen LogP contribution in [0.25, 0.3) is 16.7 Å². The Balaban J connectivity index is 1.43. The van der Waals surface area contributed by atoms with Gasteiger partial charge in [0.2, 0.25) is 0 Å². The predicted molar refractivity (Wildman–Crippen MR) is 144 cm³/mol. The van der Waals surface area contributed by atoms with Gasteiger partial charge in [0.1, 0.15) is 17.5 Å². The third-order valence-electron chi connectivity index (χ3n) is 7.73. The molecule has 1 N–H and O–H groups in total. The molecular formula is C28H38FN7O. The first-order valence-corrected chi connectivity index (χ1v) is 13.8. The molecule has 0 unspecified atom stereocenters. The summed E-state index contributed by atoms with van der Waals surface area (Å²) in [7, 11) is 0. The number of benzene rings is 1. The van der Waals surface area contributed by atoms with Crippen LogP contribution in [0.15, 0.2) is 24.3 Å². The molecule has 3 aromatic rings. The van der Waals surface area contributed by atoms with Crippen LogP contribution in [0.1, 0.15) is 76.2 Å². The lowest BCUT2D eigenvalue weighted by Crippen LogP contribution is -2.54. The Morgan fingerprint density at radius 1 is 1.08 bits per heavy atom. The van der Waals surface area contributed by atoms with E-state index in [1.807, 2.05) is 11.8 Å². The maximum Gasteiger partial charge on any atom is 0.317 e. The van der Waals surface area contributed by atoms with E-state index in [0.29, 0.717) is 32.2 Å². The van der Waals surface area contributed by atoms with Gasteiger partial charge >= 0.3 is 6.03 Å². The van der Waals surface area contributed by atoms with E-state index in [9.17, 15) is 9.18 Å². The first kappa shape index (κ1) is 25.4. The molecule has 0 radical (unpaired) electrons. The van der Waals surface area contributed by atoms with Crippen molar-refractivity contribution < 1.29 is 9.18 Å². The van der Waals surface area contributed by atoms with Gasteiger partial charge in [0.05, 0.1) is 16.8 Å². The zero-order valence-electron chi connectivity index (χ0n) is 22.2. The highest BCUT2D eigenvalue weighted by Gasteiger charge is 2.28. The largest absolute Gasteiger partial charge is 0.352 e. The molecule has 1 saturated heterocycles. The fourth-order valence-corrected chi connectivity index (χ4v) is 5.59. The van der Waals surface area contributed by atoms with Gasteiger partial charge in [-0.3, -0.25) is 0 Å². The summed E-state index contributed by atoms with van der Waals surface area (Å²) in [5, 5.41) is 8.95. The van der Waals surface area contributed by atoms with Crippen LogP contribution < -0.4 is 10.2 Å². The number of aryl methyl sites for hydroxylation is 1. The molecule has 0 spiro atoms. The highest BCUT2D eigenvalue weighted by Crippen LogP contribution is 2.32. The standard InChI is InChI=1S/C28H38FN7O/c1-4-8-19(2)25-31-26(24-20(3)33-36(27(24)32-25)23-13-11-21(29)12-14-23)34-15-17-35(18-16-34)28(37)30-22-9-6-5-7-10-22/h11-14,19,22H,4-10,15-18H2,1-3H3,(H,30,37)/t19-/m0/s1. The fourth-order valence-electron chi connectivity index (χ4n) is 5.59. The zero-order chi connectivity index (χ0) is 25.9. The second kappa shape index (κ2) is 11.0. The van der Waals surface area contributed by atoms with Crippen molar-refractivity contribution >= 4 is 22.9 Å². The minimum atomic E-state index is -0.282. The Morgan fingerprint density at radius 2 is 1.78 bits per heavy atom. The van der Waals surface area contributed by atoms with E-state index >= 15 is 0 Å². The average molecular weight is 508 g/mol. The van der Waals surface area contributed by atoms with Crippen molar-refractivity contribution in [2.75, 3.05) is 31.1 Å². The maximum atomic E-state index is 13.6. The number of piperazine rings is 1. The molecule has 37 heavy (non-hydrogen) atoms. The summed E-state index contributed by atoms with van der Waals surface area (Å²) >= 11 is 0. The molecule has 1 aromatic carbocycles. The minimum absolute atomic E-state index is 0.0527. The van der Waals surface area contributed by atoms with Crippen molar-refractivity contribution in [1.29, 1.82) is 0 Å². The van der Waals surface area contributed by atoms with Gasteiger partial charge in [0.15, 0.2) is 5.65 Å². The van der Waals surface area contributed by atoms with Crippen molar-refractivity contribution in [2.45, 2.75) is 77.7 Å². The summed E-state index contributed by atoms with van der Waals surface area (Å²) in [6.07, 6.45) is 7.88. The van der Waals surface area contributed by atoms with E-state index in [-0.39, 0.29) is 17.8 Å². The van der Waals surface area contributed by atoms with E-state index in [4.69, 9.17) is 15.1 Å². The number of hydrogen-bond acceptors (Lipinski definition) is 5. The summed E-state index contributed by atoms with van der Waals surface area (Å²) in [4.78, 5) is 27.1. The maximum absolute atomic E-state index is 13.6. The lowest BCUT2D eigenvalue weighted by molar-refractivity contribution is 0.186. The lowest BCUT2D eigenvalue weighted by atomic mass is 9.96. The van der Waals surface area contributed by atoms with Gasteiger partial charge in [-0.1, -0.05) is 39.5 Å². The van der Waals surface area contributed by atoms with Crippen molar-refractivity contribution in [3.8, 4) is 5.69 Å². The van der Waals surface area contributed by atoms with Crippen LogP contribution in [-0.4, -0.2) is 62.9 Å². The van der Waals surface area contributed by atoms with Crippen LogP contribution >= 0.6 is 0 Å². The summed E-state index contributed by atoms with van der Waals surface area (Å²) < 4.78 is 15.4. The molecule has 2 fully saturated rings. The third-order valence-corrected chi connectivity index (χ3v) is 7.73. The Morgan fingerprint density at radius 3 is 2.46 bits per heavy atom. The van der Waals surface area contributed by atoms with E-state index < -0.39 is 0 Å². The number of carbonyl (C=O) groups excluding carboxylic acids is 1. The number of carbonyl (C=O) groups is 1.